The summed E-state index contributed by atoms with van der Waals surface area (Å²) in [4.78, 5) is 58.8. The quantitative estimate of drug-likeness (QED) is 0.0146. The zero-order valence-corrected chi connectivity index (χ0v) is 71.0. The lowest BCUT2D eigenvalue weighted by molar-refractivity contribution is -0.161. The standard InChI is InChI=1S/C91H160O16P2/c1-4-7-10-13-16-19-22-25-28-30-32-34-36-38-40-41-42-43-45-47-48-50-52-54-57-59-62-65-68-71-74-77-89(94)101-80-86(92)81-103-108(97,98)104-82-87(93)83-105-109(99,100)106-85-88(107-91(96)79-76-73-70-67-64-61-56-27-24-21-18-15-12-9-6-3)84-102-90(95)78-75-72-69-66-63-60-58-55-53-51-49-46-44-39-37-35-33-31-29-26-23-20-17-14-11-8-5-2/h7,10,16-17,19-20,25-26,28-29,32-35,38-40,42-44,86-88,92-93H,4-6,8-9,11-15,18,21-24,27,30-31,36-37,41,45-85H2,1-3H3,(H,97,98)(H,99,100)/b10-7-,19-16-,20-17-,28-25-,29-26-,34-32-,35-33-,40-38-,43-42-,44-39-. The van der Waals surface area contributed by atoms with Crippen LogP contribution in [0.4, 0.5) is 0 Å². The highest BCUT2D eigenvalue weighted by atomic mass is 31.2. The molecule has 109 heavy (non-hydrogen) atoms. The lowest BCUT2D eigenvalue weighted by Crippen LogP contribution is -2.30. The summed E-state index contributed by atoms with van der Waals surface area (Å²) in [6.07, 6.45) is 101. The zero-order valence-electron chi connectivity index (χ0n) is 69.2. The van der Waals surface area contributed by atoms with Gasteiger partial charge in [0.05, 0.1) is 26.4 Å². The van der Waals surface area contributed by atoms with Gasteiger partial charge in [-0.05, 0) is 116 Å². The number of phosphoric ester groups is 2. The Morgan fingerprint density at radius 1 is 0.266 bits per heavy atom. The molecule has 0 saturated heterocycles. The first-order chi connectivity index (χ1) is 53.2. The molecule has 5 atom stereocenters. The Labute approximate surface area is 665 Å². The molecule has 0 aromatic carbocycles. The molecule has 0 rings (SSSR count). The van der Waals surface area contributed by atoms with E-state index in [-0.39, 0.29) is 19.3 Å². The Morgan fingerprint density at radius 2 is 0.486 bits per heavy atom. The second-order valence-electron chi connectivity index (χ2n) is 29.3. The molecular formula is C91H160O16P2. The Kier molecular flexibility index (Phi) is 80.3. The molecule has 18 heteroatoms. The van der Waals surface area contributed by atoms with Gasteiger partial charge in [0.2, 0.25) is 0 Å². The number of hydrogen-bond acceptors (Lipinski definition) is 14. The van der Waals surface area contributed by atoms with Crippen molar-refractivity contribution in [1.82, 2.24) is 0 Å². The normalized spacial score (nSPS) is 14.4. The number of carbonyl (C=O) groups excluding carboxylic acids is 3. The number of allylic oxidation sites excluding steroid dienone is 20. The summed E-state index contributed by atoms with van der Waals surface area (Å²) in [7, 11) is -9.79. The maximum Gasteiger partial charge on any atom is 0.472 e. The molecule has 4 N–H and O–H groups in total. The summed E-state index contributed by atoms with van der Waals surface area (Å²) >= 11 is 0. The molecule has 0 spiro atoms. The Balaban J connectivity index is 4.49. The fourth-order valence-electron chi connectivity index (χ4n) is 12.0. The van der Waals surface area contributed by atoms with E-state index in [1.807, 2.05) is 0 Å². The molecule has 0 heterocycles. The number of hydrogen-bond donors (Lipinski definition) is 4. The summed E-state index contributed by atoms with van der Waals surface area (Å²) in [5.41, 5.74) is 0. The first-order valence-corrected chi connectivity index (χ1v) is 46.8. The first-order valence-electron chi connectivity index (χ1n) is 43.8. The minimum absolute atomic E-state index is 0.108. The van der Waals surface area contributed by atoms with Crippen LogP contribution in [0.5, 0.6) is 0 Å². The third kappa shape index (κ3) is 84.7. The smallest absolute Gasteiger partial charge is 0.463 e. The van der Waals surface area contributed by atoms with E-state index in [0.717, 1.165) is 141 Å². The predicted octanol–water partition coefficient (Wildman–Crippen LogP) is 26.4. The van der Waals surface area contributed by atoms with E-state index in [2.05, 4.69) is 142 Å². The number of rotatable bonds is 83. The Bertz CT molecular complexity index is 2460. The van der Waals surface area contributed by atoms with Crippen LogP contribution in [0.2, 0.25) is 0 Å². The maximum absolute atomic E-state index is 13.0. The molecule has 630 valence electrons. The predicted molar refractivity (Wildman–Crippen MR) is 454 cm³/mol. The average Bonchev–Trinajstić information content (AvgIpc) is 0.940. The highest BCUT2D eigenvalue weighted by Gasteiger charge is 2.29. The Hall–Kier alpha value is -4.05. The van der Waals surface area contributed by atoms with Gasteiger partial charge in [-0.1, -0.05) is 367 Å². The van der Waals surface area contributed by atoms with Gasteiger partial charge in [0.1, 0.15) is 25.4 Å². The lowest BCUT2D eigenvalue weighted by Gasteiger charge is -2.21. The van der Waals surface area contributed by atoms with Gasteiger partial charge in [-0.3, -0.25) is 32.5 Å². The summed E-state index contributed by atoms with van der Waals surface area (Å²) in [5, 5.41) is 20.7. The van der Waals surface area contributed by atoms with Crippen molar-refractivity contribution in [2.24, 2.45) is 0 Å². The molecule has 0 bridgehead atoms. The van der Waals surface area contributed by atoms with Crippen molar-refractivity contribution in [2.45, 2.75) is 399 Å². The minimum atomic E-state index is -4.93. The molecule has 0 aliphatic heterocycles. The summed E-state index contributed by atoms with van der Waals surface area (Å²) < 4.78 is 61.3. The van der Waals surface area contributed by atoms with Crippen molar-refractivity contribution in [3.8, 4) is 0 Å². The van der Waals surface area contributed by atoms with Gasteiger partial charge in [-0.15, -0.1) is 0 Å². The van der Waals surface area contributed by atoms with Crippen LogP contribution >= 0.6 is 15.6 Å². The van der Waals surface area contributed by atoms with Crippen LogP contribution in [0.15, 0.2) is 122 Å². The molecule has 5 unspecified atom stereocenters. The van der Waals surface area contributed by atoms with Crippen molar-refractivity contribution < 1.29 is 75.8 Å². The number of phosphoric acid groups is 2. The van der Waals surface area contributed by atoms with Crippen LogP contribution in [-0.4, -0.2) is 95.9 Å². The van der Waals surface area contributed by atoms with E-state index in [1.165, 1.54) is 180 Å². The fraction of sp³-hybridized carbons (Fsp3) is 0.747. The van der Waals surface area contributed by atoms with Gasteiger partial charge in [0.25, 0.3) is 0 Å². The van der Waals surface area contributed by atoms with Crippen LogP contribution in [0.25, 0.3) is 0 Å². The number of unbranched alkanes of at least 4 members (excludes halogenated alkanes) is 40. The monoisotopic (exact) mass is 1570 g/mol. The van der Waals surface area contributed by atoms with Gasteiger partial charge < -0.3 is 34.2 Å². The molecule has 0 aliphatic rings. The minimum Gasteiger partial charge on any atom is -0.463 e. The first kappa shape index (κ1) is 105. The molecule has 0 aliphatic carbocycles. The van der Waals surface area contributed by atoms with Crippen LogP contribution in [0, 0.1) is 0 Å². The number of aliphatic hydroxyl groups is 2. The van der Waals surface area contributed by atoms with Crippen LogP contribution in [0.3, 0.4) is 0 Å². The van der Waals surface area contributed by atoms with Crippen molar-refractivity contribution in [3.63, 3.8) is 0 Å². The zero-order chi connectivity index (χ0) is 79.4. The lowest BCUT2D eigenvalue weighted by atomic mass is 10.0. The van der Waals surface area contributed by atoms with Gasteiger partial charge in [0.15, 0.2) is 6.10 Å². The van der Waals surface area contributed by atoms with Gasteiger partial charge in [-0.25, -0.2) is 9.13 Å². The second-order valence-corrected chi connectivity index (χ2v) is 32.2. The molecule has 0 saturated carbocycles. The van der Waals surface area contributed by atoms with Crippen molar-refractivity contribution in [3.05, 3.63) is 122 Å². The molecular weight excluding hydrogens is 1410 g/mol. The Morgan fingerprint density at radius 3 is 0.789 bits per heavy atom. The van der Waals surface area contributed by atoms with E-state index in [1.54, 1.807) is 0 Å². The average molecular weight is 1570 g/mol. The van der Waals surface area contributed by atoms with E-state index < -0.39 is 91.5 Å². The van der Waals surface area contributed by atoms with E-state index in [9.17, 15) is 43.5 Å². The molecule has 0 aromatic heterocycles. The van der Waals surface area contributed by atoms with E-state index in [4.69, 9.17) is 32.3 Å². The number of esters is 3. The SMILES string of the molecule is CC/C=C\C/C=C\C/C=C\C/C=C\C/C=C\C/C=C\CCCCCCCCCCCCCCC(=O)OCC(O)COP(=O)(O)OCC(O)COP(=O)(O)OCC(COC(=O)CCCCCCCCCCCCC/C=C\C/C=C\C/C=C\C/C=C\CCCCC)OC(=O)CCCCCCCCCCCCCCCCC. The van der Waals surface area contributed by atoms with Crippen LogP contribution in [0.1, 0.15) is 380 Å². The molecule has 16 nitrogen and oxygen atoms in total. The van der Waals surface area contributed by atoms with Crippen molar-refractivity contribution >= 4 is 33.6 Å². The number of ether oxygens (including phenoxy) is 3. The molecule has 0 aromatic rings. The van der Waals surface area contributed by atoms with Crippen LogP contribution < -0.4 is 0 Å². The molecule has 0 radical (unpaired) electrons. The maximum atomic E-state index is 13.0. The number of carbonyl (C=O) groups is 3. The molecule has 0 fully saturated rings. The summed E-state index contributed by atoms with van der Waals surface area (Å²) in [5.74, 6) is -1.56. The third-order valence-electron chi connectivity index (χ3n) is 18.7. The van der Waals surface area contributed by atoms with Crippen molar-refractivity contribution in [1.29, 1.82) is 0 Å². The summed E-state index contributed by atoms with van der Waals surface area (Å²) in [6, 6.07) is 0. The highest BCUT2D eigenvalue weighted by molar-refractivity contribution is 7.47. The van der Waals surface area contributed by atoms with E-state index in [0.29, 0.717) is 19.3 Å². The highest BCUT2D eigenvalue weighted by Crippen LogP contribution is 2.45. The number of aliphatic hydroxyl groups excluding tert-OH is 2. The van der Waals surface area contributed by atoms with E-state index >= 15 is 0 Å². The van der Waals surface area contributed by atoms with Gasteiger partial charge >= 0.3 is 33.6 Å². The molecule has 0 amide bonds. The van der Waals surface area contributed by atoms with Crippen LogP contribution in [-0.2, 0) is 55.8 Å². The third-order valence-corrected chi connectivity index (χ3v) is 20.6. The van der Waals surface area contributed by atoms with Gasteiger partial charge in [0, 0.05) is 19.3 Å². The fourth-order valence-corrected chi connectivity index (χ4v) is 13.6. The van der Waals surface area contributed by atoms with Crippen molar-refractivity contribution in [2.75, 3.05) is 39.6 Å². The topological polar surface area (TPSA) is 231 Å². The van der Waals surface area contributed by atoms with Gasteiger partial charge in [-0.2, -0.15) is 0 Å². The largest absolute Gasteiger partial charge is 0.472 e. The summed E-state index contributed by atoms with van der Waals surface area (Å²) in [6.45, 7) is 2.60. The second kappa shape index (κ2) is 83.4.